The summed E-state index contributed by atoms with van der Waals surface area (Å²) in [6.45, 7) is 12.4. The maximum atomic E-state index is 14.3. The number of halogens is 16. The van der Waals surface area contributed by atoms with Crippen LogP contribution in [0, 0.1) is 0 Å². The lowest BCUT2D eigenvalue weighted by atomic mass is 10.1. The molecule has 8 nitrogen and oxygen atoms in total. The molecule has 27 heteroatoms. The van der Waals surface area contributed by atoms with E-state index in [1.54, 1.807) is 0 Å². The summed E-state index contributed by atoms with van der Waals surface area (Å²) in [4.78, 5) is 0. The molecule has 0 amide bonds. The van der Waals surface area contributed by atoms with Gasteiger partial charge in [0.05, 0.1) is 26.1 Å². The molecule has 0 bridgehead atoms. The molecule has 4 atom stereocenters. The van der Waals surface area contributed by atoms with Gasteiger partial charge in [0.2, 0.25) is 0 Å². The minimum Gasteiger partial charge on any atom is -0.437 e. The van der Waals surface area contributed by atoms with E-state index in [0.29, 0.717) is 12.8 Å². The number of hydrogen-bond donors (Lipinski definition) is 2. The second-order valence-electron chi connectivity index (χ2n) is 14.9. The molecule has 0 aromatic carbocycles. The average molecular weight is 915 g/mol. The van der Waals surface area contributed by atoms with E-state index in [9.17, 15) is 80.5 Å². The molecular formula is C29H50F16O8Si3. The van der Waals surface area contributed by atoms with E-state index in [0.717, 1.165) is 18.9 Å². The third kappa shape index (κ3) is 20.9. The quantitative estimate of drug-likeness (QED) is 0.0347. The minimum absolute atomic E-state index is 0.130. The summed E-state index contributed by atoms with van der Waals surface area (Å²) in [7, 11) is -6.20. The van der Waals surface area contributed by atoms with Crippen molar-refractivity contribution in [2.75, 3.05) is 19.8 Å². The van der Waals surface area contributed by atoms with Gasteiger partial charge in [-0.15, -0.1) is 0 Å². The Hall–Kier alpha value is -0.789. The number of unbranched alkanes of at least 4 members (excludes halogenated alkanes) is 3. The molecule has 56 heavy (non-hydrogen) atoms. The number of ether oxygens (including phenoxy) is 4. The molecule has 0 aliphatic rings. The highest BCUT2D eigenvalue weighted by molar-refractivity contribution is 6.87. The minimum atomic E-state index is -6.71. The molecule has 0 radical (unpaired) electrons. The van der Waals surface area contributed by atoms with Gasteiger partial charge >= 0.3 is 45.0 Å². The predicted molar refractivity (Wildman–Crippen MR) is 174 cm³/mol. The van der Waals surface area contributed by atoms with Crippen molar-refractivity contribution in [3.05, 3.63) is 0 Å². The van der Waals surface area contributed by atoms with Gasteiger partial charge in [0.25, 0.3) is 0 Å². The first-order valence-corrected chi connectivity index (χ1v) is 26.3. The van der Waals surface area contributed by atoms with Gasteiger partial charge in [-0.05, 0) is 58.3 Å². The largest absolute Gasteiger partial charge is 0.437 e. The van der Waals surface area contributed by atoms with Crippen molar-refractivity contribution < 1.29 is 108 Å². The van der Waals surface area contributed by atoms with Crippen LogP contribution in [0.1, 0.15) is 44.9 Å². The average Bonchev–Trinajstić information content (AvgIpc) is 2.94. The molecule has 0 aliphatic carbocycles. The Morgan fingerprint density at radius 3 is 1.32 bits per heavy atom. The van der Waals surface area contributed by atoms with Crippen LogP contribution in [0.5, 0.6) is 0 Å². The molecule has 338 valence electrons. The van der Waals surface area contributed by atoms with Crippen LogP contribution in [0.15, 0.2) is 0 Å². The first-order valence-electron chi connectivity index (χ1n) is 17.0. The van der Waals surface area contributed by atoms with E-state index < -0.39 is 119 Å². The molecule has 0 saturated carbocycles. The Kier molecular flexibility index (Phi) is 20.8. The highest BCUT2D eigenvalue weighted by Gasteiger charge is 2.69. The fourth-order valence-electron chi connectivity index (χ4n) is 4.74. The third-order valence-corrected chi connectivity index (χ3v) is 16.5. The predicted octanol–water partition coefficient (Wildman–Crippen LogP) is 9.82. The van der Waals surface area contributed by atoms with Crippen molar-refractivity contribution in [2.24, 2.45) is 0 Å². The van der Waals surface area contributed by atoms with Crippen LogP contribution in [-0.4, -0.2) is 123 Å². The zero-order valence-electron chi connectivity index (χ0n) is 31.6. The summed E-state index contributed by atoms with van der Waals surface area (Å²) >= 11 is 0. The van der Waals surface area contributed by atoms with Crippen molar-refractivity contribution in [1.29, 1.82) is 0 Å². The second-order valence-corrected chi connectivity index (χ2v) is 27.8. The zero-order valence-corrected chi connectivity index (χ0v) is 34.6. The third-order valence-electron chi connectivity index (χ3n) is 6.91. The molecule has 0 aromatic rings. The van der Waals surface area contributed by atoms with Gasteiger partial charge in [0, 0.05) is 13.0 Å². The normalized spacial score (nSPS) is 17.5. The zero-order chi connectivity index (χ0) is 44.4. The first kappa shape index (κ1) is 55.2. The fourth-order valence-corrected chi connectivity index (χ4v) is 17.4. The Balaban J connectivity index is 5.45. The van der Waals surface area contributed by atoms with Crippen LogP contribution in [0.25, 0.3) is 0 Å². The van der Waals surface area contributed by atoms with E-state index in [-0.39, 0.29) is 13.2 Å². The lowest BCUT2D eigenvalue weighted by molar-refractivity contribution is -0.464. The Labute approximate surface area is 317 Å². The molecule has 0 aromatic heterocycles. The van der Waals surface area contributed by atoms with Gasteiger partial charge in [0.1, 0.15) is 6.10 Å². The van der Waals surface area contributed by atoms with E-state index in [1.807, 2.05) is 6.55 Å². The second kappa shape index (κ2) is 21.1. The molecule has 0 rings (SSSR count). The molecule has 2 N–H and O–H groups in total. The highest BCUT2D eigenvalue weighted by atomic mass is 28.5. The van der Waals surface area contributed by atoms with Gasteiger partial charge in [0.15, 0.2) is 41.6 Å². The van der Waals surface area contributed by atoms with Crippen LogP contribution < -0.4 is 0 Å². The maximum Gasteiger partial charge on any atom is 0.424 e. The Morgan fingerprint density at radius 1 is 0.554 bits per heavy atom. The van der Waals surface area contributed by atoms with Gasteiger partial charge in [-0.2, -0.15) is 61.5 Å². The van der Waals surface area contributed by atoms with Crippen LogP contribution in [0.3, 0.4) is 0 Å². The van der Waals surface area contributed by atoms with E-state index in [1.165, 1.54) is 0 Å². The van der Waals surface area contributed by atoms with E-state index in [2.05, 4.69) is 53.5 Å². The topological polar surface area (TPSA) is 95.8 Å². The number of aliphatic hydroxyl groups is 2. The summed E-state index contributed by atoms with van der Waals surface area (Å²) in [6.07, 6.45) is -49.1. The fraction of sp³-hybridized carbons (Fsp3) is 1.00. The summed E-state index contributed by atoms with van der Waals surface area (Å²) in [5, 5.41) is 19.9. The number of hydrogen-bond acceptors (Lipinski definition) is 8. The maximum absolute atomic E-state index is 14.3. The molecule has 4 unspecified atom stereocenters. The Bertz CT molecular complexity index is 1080. The Morgan fingerprint density at radius 2 is 0.946 bits per heavy atom. The summed E-state index contributed by atoms with van der Waals surface area (Å²) < 4.78 is 243. The monoisotopic (exact) mass is 914 g/mol. The molecular weight excluding hydrogens is 865 g/mol. The lowest BCUT2D eigenvalue weighted by Crippen LogP contribution is -2.58. The van der Waals surface area contributed by atoms with E-state index in [4.69, 9.17) is 13.0 Å². The van der Waals surface area contributed by atoms with Gasteiger partial charge in [-0.1, -0.05) is 19.3 Å². The molecule has 0 spiro atoms. The van der Waals surface area contributed by atoms with Crippen LogP contribution in [0.2, 0.25) is 51.9 Å². The van der Waals surface area contributed by atoms with Crippen molar-refractivity contribution in [3.8, 4) is 0 Å². The van der Waals surface area contributed by atoms with Gasteiger partial charge < -0.3 is 27.9 Å². The summed E-state index contributed by atoms with van der Waals surface area (Å²) in [5.74, 6) is -13.2. The summed E-state index contributed by atoms with van der Waals surface area (Å²) in [5.41, 5.74) is 0. The standard InChI is InChI=1S/C29H50F16O8Si3/c1-54(2,3)52-56(7,53-55(4,5)6)15-11-9-8-10-13-48-14-12-22(47)49-18-19(46)23(50-28(42,43)26(38,39)20(30)16-24(32,33)34)51-29(44,45)27(40,41)21(31)17-25(35,36)37/h19-23,46-47H,8-18H2,1-7H3. The van der Waals surface area contributed by atoms with Crippen LogP contribution in [0.4, 0.5) is 70.2 Å². The van der Waals surface area contributed by atoms with Crippen molar-refractivity contribution in [3.63, 3.8) is 0 Å². The van der Waals surface area contributed by atoms with Crippen LogP contribution in [-0.2, 0) is 27.2 Å². The number of rotatable bonds is 28. The molecule has 0 fully saturated rings. The molecule has 0 heterocycles. The van der Waals surface area contributed by atoms with Crippen molar-refractivity contribution in [2.45, 2.75) is 164 Å². The van der Waals surface area contributed by atoms with Crippen LogP contribution >= 0.6 is 0 Å². The SMILES string of the molecule is C[Si](C)(C)O[Si](C)(CCCCCCOCCC(O)OCC(O)C(OC(F)(F)C(F)(F)C(F)CC(F)(F)F)OC(F)(F)C(F)(F)C(F)CC(F)(F)F)O[Si](C)(C)C. The number of aliphatic hydroxyl groups excluding tert-OH is 2. The smallest absolute Gasteiger partial charge is 0.424 e. The van der Waals surface area contributed by atoms with Crippen molar-refractivity contribution >= 4 is 25.2 Å². The first-order chi connectivity index (χ1) is 24.8. The lowest BCUT2D eigenvalue weighted by Gasteiger charge is -2.38. The highest BCUT2D eigenvalue weighted by Crippen LogP contribution is 2.47. The van der Waals surface area contributed by atoms with Gasteiger partial charge in [-0.25, -0.2) is 8.78 Å². The van der Waals surface area contributed by atoms with Gasteiger partial charge in [-0.3, -0.25) is 9.47 Å². The van der Waals surface area contributed by atoms with Crippen molar-refractivity contribution in [1.82, 2.24) is 0 Å². The molecule has 0 aliphatic heterocycles. The summed E-state index contributed by atoms with van der Waals surface area (Å²) in [6, 6.07) is 0.762. The number of alkyl halides is 16. The van der Waals surface area contributed by atoms with E-state index >= 15 is 0 Å². The molecule has 0 saturated heterocycles.